The highest BCUT2D eigenvalue weighted by molar-refractivity contribution is 4.96. The van der Waals surface area contributed by atoms with Crippen molar-refractivity contribution in [1.82, 2.24) is 19.7 Å². The minimum Gasteiger partial charge on any atom is -0.313 e. The van der Waals surface area contributed by atoms with E-state index in [0.717, 1.165) is 31.3 Å². The maximum atomic E-state index is 4.16. The molecule has 0 bridgehead atoms. The predicted molar refractivity (Wildman–Crippen MR) is 61.7 cm³/mol. The molecule has 2 rings (SSSR count). The summed E-state index contributed by atoms with van der Waals surface area (Å²) >= 11 is 0. The summed E-state index contributed by atoms with van der Waals surface area (Å²) in [4.78, 5) is 2.43. The lowest BCUT2D eigenvalue weighted by atomic mass is 10.3. The Kier molecular flexibility index (Phi) is 4.75. The van der Waals surface area contributed by atoms with Crippen molar-refractivity contribution in [1.29, 1.82) is 0 Å². The van der Waals surface area contributed by atoms with Crippen LogP contribution in [-0.2, 0) is 13.1 Å². The molecule has 4 nitrogen and oxygen atoms in total. The van der Waals surface area contributed by atoms with Gasteiger partial charge in [0.1, 0.15) is 11.6 Å². The van der Waals surface area contributed by atoms with E-state index in [0.29, 0.717) is 0 Å². The monoisotopic (exact) mass is 210 g/mol. The van der Waals surface area contributed by atoms with E-state index in [9.17, 15) is 0 Å². The summed E-state index contributed by atoms with van der Waals surface area (Å²) in [6, 6.07) is 0. The van der Waals surface area contributed by atoms with Gasteiger partial charge >= 0.3 is 0 Å². The van der Waals surface area contributed by atoms with Gasteiger partial charge in [-0.25, -0.2) is 0 Å². The van der Waals surface area contributed by atoms with Gasteiger partial charge in [0.05, 0.1) is 6.54 Å². The zero-order chi connectivity index (χ0) is 11.3. The maximum absolute atomic E-state index is 4.16. The average molecular weight is 210 g/mol. The molecule has 1 aliphatic rings. The van der Waals surface area contributed by atoms with E-state index in [2.05, 4.69) is 26.6 Å². The summed E-state index contributed by atoms with van der Waals surface area (Å²) in [7, 11) is 0. The third-order valence-electron chi connectivity index (χ3n) is 2.56. The largest absolute Gasteiger partial charge is 0.313 e. The molecular weight excluding hydrogens is 188 g/mol. The fourth-order valence-corrected chi connectivity index (χ4v) is 1.86. The molecule has 0 fully saturated rings. The molecular formula is C11H22N4. The molecule has 0 saturated carbocycles. The fraction of sp³-hybridized carbons (Fsp3) is 0.818. The van der Waals surface area contributed by atoms with Gasteiger partial charge in [0.15, 0.2) is 0 Å². The number of hydrogen-bond acceptors (Lipinski definition) is 3. The van der Waals surface area contributed by atoms with Gasteiger partial charge in [-0.15, -0.1) is 10.2 Å². The van der Waals surface area contributed by atoms with E-state index in [4.69, 9.17) is 0 Å². The lowest BCUT2D eigenvalue weighted by molar-refractivity contribution is 0.216. The third-order valence-corrected chi connectivity index (χ3v) is 2.56. The Balaban J connectivity index is 0.000000531. The first-order chi connectivity index (χ1) is 7.31. The minimum atomic E-state index is 0.967. The molecule has 15 heavy (non-hydrogen) atoms. The van der Waals surface area contributed by atoms with Gasteiger partial charge in [-0.1, -0.05) is 20.8 Å². The van der Waals surface area contributed by atoms with Crippen LogP contribution in [0.3, 0.4) is 0 Å². The van der Waals surface area contributed by atoms with Crippen molar-refractivity contribution in [3.8, 4) is 0 Å². The number of hydrogen-bond donors (Lipinski definition) is 0. The van der Waals surface area contributed by atoms with Crippen LogP contribution in [0.2, 0.25) is 0 Å². The first-order valence-electron chi connectivity index (χ1n) is 5.92. The van der Waals surface area contributed by atoms with Crippen molar-refractivity contribution in [2.75, 3.05) is 13.1 Å². The number of aryl methyl sites for hydroxylation is 1. The van der Waals surface area contributed by atoms with E-state index >= 15 is 0 Å². The van der Waals surface area contributed by atoms with Crippen molar-refractivity contribution in [2.45, 2.75) is 47.2 Å². The molecule has 0 N–H and O–H groups in total. The molecule has 0 spiro atoms. The van der Waals surface area contributed by atoms with Crippen LogP contribution in [0, 0.1) is 6.92 Å². The van der Waals surface area contributed by atoms with Crippen LogP contribution in [0.1, 0.15) is 38.8 Å². The molecule has 0 saturated heterocycles. The molecule has 2 heterocycles. The molecule has 1 aliphatic heterocycles. The van der Waals surface area contributed by atoms with Crippen LogP contribution >= 0.6 is 0 Å². The van der Waals surface area contributed by atoms with Crippen molar-refractivity contribution >= 4 is 0 Å². The standard InChI is InChI=1S/C9H16N4.C2H6/c1-3-4-12-5-6-13-8(2)10-11-9(13)7-12;1-2/h3-7H2,1-2H3;1-2H3. The van der Waals surface area contributed by atoms with Crippen LogP contribution in [0.5, 0.6) is 0 Å². The Hall–Kier alpha value is -0.900. The smallest absolute Gasteiger partial charge is 0.147 e. The summed E-state index contributed by atoms with van der Waals surface area (Å²) in [5.41, 5.74) is 0. The Labute approximate surface area is 92.3 Å². The minimum absolute atomic E-state index is 0.967. The van der Waals surface area contributed by atoms with Crippen molar-refractivity contribution in [3.05, 3.63) is 11.6 Å². The highest BCUT2D eigenvalue weighted by Gasteiger charge is 2.18. The Morgan fingerprint density at radius 1 is 1.20 bits per heavy atom. The Morgan fingerprint density at radius 3 is 2.60 bits per heavy atom. The van der Waals surface area contributed by atoms with Crippen LogP contribution in [0.25, 0.3) is 0 Å². The second kappa shape index (κ2) is 5.85. The van der Waals surface area contributed by atoms with Gasteiger partial charge in [0, 0.05) is 13.1 Å². The molecule has 0 aliphatic carbocycles. The lowest BCUT2D eigenvalue weighted by Gasteiger charge is -2.26. The van der Waals surface area contributed by atoms with Gasteiger partial charge in [-0.3, -0.25) is 4.90 Å². The molecule has 1 aromatic heterocycles. The van der Waals surface area contributed by atoms with E-state index in [1.807, 2.05) is 20.8 Å². The summed E-state index contributed by atoms with van der Waals surface area (Å²) in [6.07, 6.45) is 1.22. The molecule has 0 aromatic carbocycles. The molecule has 1 aromatic rings. The number of rotatable bonds is 2. The lowest BCUT2D eigenvalue weighted by Crippen LogP contribution is -2.34. The topological polar surface area (TPSA) is 34.0 Å². The molecule has 0 unspecified atom stereocenters. The van der Waals surface area contributed by atoms with E-state index in [1.165, 1.54) is 13.0 Å². The van der Waals surface area contributed by atoms with Crippen LogP contribution < -0.4 is 0 Å². The van der Waals surface area contributed by atoms with Crippen LogP contribution in [0.4, 0.5) is 0 Å². The molecule has 0 amide bonds. The fourth-order valence-electron chi connectivity index (χ4n) is 1.86. The van der Waals surface area contributed by atoms with E-state index in [1.54, 1.807) is 0 Å². The van der Waals surface area contributed by atoms with Crippen molar-refractivity contribution < 1.29 is 0 Å². The normalized spacial score (nSPS) is 15.5. The number of aromatic nitrogens is 3. The first kappa shape index (κ1) is 12.2. The van der Waals surface area contributed by atoms with E-state index in [-0.39, 0.29) is 0 Å². The quantitative estimate of drug-likeness (QED) is 0.747. The highest BCUT2D eigenvalue weighted by atomic mass is 15.3. The van der Waals surface area contributed by atoms with Crippen molar-refractivity contribution in [2.24, 2.45) is 0 Å². The van der Waals surface area contributed by atoms with Crippen LogP contribution in [-0.4, -0.2) is 32.8 Å². The number of fused-ring (bicyclic) bond motifs is 1. The maximum Gasteiger partial charge on any atom is 0.147 e. The molecule has 0 atom stereocenters. The summed E-state index contributed by atoms with van der Waals surface area (Å²) in [6.45, 7) is 12.6. The Morgan fingerprint density at radius 2 is 1.93 bits per heavy atom. The third kappa shape index (κ3) is 2.78. The summed E-state index contributed by atoms with van der Waals surface area (Å²) < 4.78 is 2.21. The average Bonchev–Trinajstić information content (AvgIpc) is 2.64. The SMILES string of the molecule is CC.CCCN1CCn2c(C)nnc2C1. The molecule has 86 valence electrons. The van der Waals surface area contributed by atoms with Gasteiger partial charge in [-0.2, -0.15) is 0 Å². The summed E-state index contributed by atoms with van der Waals surface area (Å²) in [5, 5.41) is 8.24. The van der Waals surface area contributed by atoms with Gasteiger partial charge < -0.3 is 4.57 Å². The molecule has 0 radical (unpaired) electrons. The summed E-state index contributed by atoms with van der Waals surface area (Å²) in [5.74, 6) is 2.17. The highest BCUT2D eigenvalue weighted by Crippen LogP contribution is 2.11. The van der Waals surface area contributed by atoms with Crippen LogP contribution in [0.15, 0.2) is 0 Å². The van der Waals surface area contributed by atoms with Gasteiger partial charge in [-0.05, 0) is 19.9 Å². The molecule has 4 heteroatoms. The second-order valence-corrected chi connectivity index (χ2v) is 3.59. The van der Waals surface area contributed by atoms with Crippen molar-refractivity contribution in [3.63, 3.8) is 0 Å². The van der Waals surface area contributed by atoms with E-state index < -0.39 is 0 Å². The van der Waals surface area contributed by atoms with Gasteiger partial charge in [0.2, 0.25) is 0 Å². The first-order valence-corrected chi connectivity index (χ1v) is 5.92. The zero-order valence-electron chi connectivity index (χ0n) is 10.3. The predicted octanol–water partition coefficient (Wildman–Crippen LogP) is 1.84. The Bertz CT molecular complexity index is 293. The zero-order valence-corrected chi connectivity index (χ0v) is 10.3. The second-order valence-electron chi connectivity index (χ2n) is 3.59. The number of nitrogens with zero attached hydrogens (tertiary/aromatic N) is 4. The van der Waals surface area contributed by atoms with Gasteiger partial charge in [0.25, 0.3) is 0 Å².